The highest BCUT2D eigenvalue weighted by Crippen LogP contribution is 2.42. The largest absolute Gasteiger partial charge is 0.416 e. The average molecular weight is 298 g/mol. The van der Waals surface area contributed by atoms with E-state index in [0.29, 0.717) is 11.4 Å². The van der Waals surface area contributed by atoms with E-state index in [9.17, 15) is 13.2 Å². The molecule has 3 rings (SSSR count). The summed E-state index contributed by atoms with van der Waals surface area (Å²) in [5.41, 5.74) is 1.34. The van der Waals surface area contributed by atoms with E-state index in [4.69, 9.17) is 11.6 Å². The van der Waals surface area contributed by atoms with Crippen molar-refractivity contribution in [3.05, 3.63) is 64.2 Å². The highest BCUT2D eigenvalue weighted by Gasteiger charge is 2.36. The van der Waals surface area contributed by atoms with Gasteiger partial charge in [-0.15, -0.1) is 0 Å². The Labute approximate surface area is 119 Å². The molecule has 0 fully saturated rings. The summed E-state index contributed by atoms with van der Waals surface area (Å²) in [5.74, 6) is 0. The van der Waals surface area contributed by atoms with Crippen LogP contribution in [0.2, 0.25) is 5.02 Å². The number of halogens is 4. The summed E-state index contributed by atoms with van der Waals surface area (Å²) in [6.07, 6.45) is -3.85. The van der Waals surface area contributed by atoms with Gasteiger partial charge in [0.1, 0.15) is 0 Å². The number of para-hydroxylation sites is 1. The van der Waals surface area contributed by atoms with Gasteiger partial charge in [0, 0.05) is 0 Å². The van der Waals surface area contributed by atoms with Crippen LogP contribution in [0.1, 0.15) is 22.7 Å². The number of nitrogens with one attached hydrogen (secondary N) is 1. The molecule has 1 aliphatic rings. The van der Waals surface area contributed by atoms with Gasteiger partial charge < -0.3 is 5.32 Å². The lowest BCUT2D eigenvalue weighted by atomic mass is 9.97. The molecule has 0 spiro atoms. The summed E-state index contributed by atoms with van der Waals surface area (Å²) in [5, 5.41) is 3.64. The number of alkyl halides is 3. The van der Waals surface area contributed by atoms with Crippen molar-refractivity contribution in [3.8, 4) is 0 Å². The van der Waals surface area contributed by atoms with Crippen molar-refractivity contribution in [1.29, 1.82) is 0 Å². The maximum Gasteiger partial charge on any atom is 0.416 e. The number of fused-ring (bicyclic) bond motifs is 1. The average Bonchev–Trinajstić information content (AvgIpc) is 2.83. The molecule has 20 heavy (non-hydrogen) atoms. The van der Waals surface area contributed by atoms with E-state index < -0.39 is 17.8 Å². The van der Waals surface area contributed by atoms with Gasteiger partial charge in [-0.2, -0.15) is 13.2 Å². The molecule has 0 aliphatic carbocycles. The second kappa shape index (κ2) is 4.70. The maximum absolute atomic E-state index is 13.1. The molecule has 1 heterocycles. The molecule has 104 valence electrons. The van der Waals surface area contributed by atoms with Crippen molar-refractivity contribution in [1.82, 2.24) is 0 Å². The zero-order valence-electron chi connectivity index (χ0n) is 10.3. The summed E-state index contributed by atoms with van der Waals surface area (Å²) in [4.78, 5) is 0. The van der Waals surface area contributed by atoms with Crippen LogP contribution in [0.5, 0.6) is 0 Å². The van der Waals surface area contributed by atoms with Crippen LogP contribution in [0, 0.1) is 0 Å². The third kappa shape index (κ3) is 2.24. The standard InChI is InChI=1S/C15H11ClF3N/c16-12-7-3-4-9-8-13(20-14(9)12)10-5-1-2-6-11(10)15(17,18)19/h1-7,13,20H,8H2. The third-order valence-corrected chi connectivity index (χ3v) is 3.80. The fourth-order valence-electron chi connectivity index (χ4n) is 2.59. The van der Waals surface area contributed by atoms with Crippen molar-refractivity contribution in [2.45, 2.75) is 18.6 Å². The normalized spacial score (nSPS) is 17.7. The number of anilines is 1. The summed E-state index contributed by atoms with van der Waals surface area (Å²) < 4.78 is 39.2. The third-order valence-electron chi connectivity index (χ3n) is 3.48. The molecular formula is C15H11ClF3N. The smallest absolute Gasteiger partial charge is 0.376 e. The Morgan fingerprint density at radius 1 is 1.05 bits per heavy atom. The van der Waals surface area contributed by atoms with E-state index >= 15 is 0 Å². The molecule has 1 nitrogen and oxygen atoms in total. The lowest BCUT2D eigenvalue weighted by Gasteiger charge is -2.18. The van der Waals surface area contributed by atoms with Gasteiger partial charge in [0.15, 0.2) is 0 Å². The van der Waals surface area contributed by atoms with E-state index in [1.807, 2.05) is 6.07 Å². The first kappa shape index (κ1) is 13.3. The van der Waals surface area contributed by atoms with Gasteiger partial charge in [-0.1, -0.05) is 41.9 Å². The Kier molecular flexibility index (Phi) is 3.13. The summed E-state index contributed by atoms with van der Waals surface area (Å²) in [7, 11) is 0. The fourth-order valence-corrected chi connectivity index (χ4v) is 2.84. The first-order valence-electron chi connectivity index (χ1n) is 6.17. The molecule has 0 amide bonds. The number of benzene rings is 2. The molecule has 1 aliphatic heterocycles. The van der Waals surface area contributed by atoms with Crippen LogP contribution in [0.4, 0.5) is 18.9 Å². The van der Waals surface area contributed by atoms with E-state index in [2.05, 4.69) is 5.32 Å². The van der Waals surface area contributed by atoms with Crippen LogP contribution >= 0.6 is 11.6 Å². The fraction of sp³-hybridized carbons (Fsp3) is 0.200. The predicted molar refractivity (Wildman–Crippen MR) is 73.0 cm³/mol. The van der Waals surface area contributed by atoms with E-state index in [-0.39, 0.29) is 5.56 Å². The van der Waals surface area contributed by atoms with Gasteiger partial charge in [-0.05, 0) is 29.7 Å². The Morgan fingerprint density at radius 2 is 1.80 bits per heavy atom. The molecule has 0 bridgehead atoms. The van der Waals surface area contributed by atoms with E-state index in [1.54, 1.807) is 18.2 Å². The van der Waals surface area contributed by atoms with Crippen LogP contribution in [-0.4, -0.2) is 0 Å². The second-order valence-electron chi connectivity index (χ2n) is 4.76. The Bertz CT molecular complexity index is 652. The molecule has 1 atom stereocenters. The minimum absolute atomic E-state index is 0.257. The minimum Gasteiger partial charge on any atom is -0.376 e. The maximum atomic E-state index is 13.1. The molecule has 2 aromatic carbocycles. The number of rotatable bonds is 1. The van der Waals surface area contributed by atoms with Crippen molar-refractivity contribution in [2.24, 2.45) is 0 Å². The van der Waals surface area contributed by atoms with Crippen molar-refractivity contribution >= 4 is 17.3 Å². The van der Waals surface area contributed by atoms with E-state index in [1.165, 1.54) is 12.1 Å². The Morgan fingerprint density at radius 3 is 2.50 bits per heavy atom. The van der Waals surface area contributed by atoms with E-state index in [0.717, 1.165) is 17.3 Å². The minimum atomic E-state index is -4.35. The zero-order valence-corrected chi connectivity index (χ0v) is 11.1. The number of hydrogen-bond acceptors (Lipinski definition) is 1. The van der Waals surface area contributed by atoms with Crippen LogP contribution in [-0.2, 0) is 12.6 Å². The molecule has 1 unspecified atom stereocenters. The van der Waals surface area contributed by atoms with Gasteiger partial charge in [-0.25, -0.2) is 0 Å². The molecule has 0 saturated carbocycles. The van der Waals surface area contributed by atoms with Crippen LogP contribution in [0.25, 0.3) is 0 Å². The SMILES string of the molecule is FC(F)(F)c1ccccc1C1Cc2cccc(Cl)c2N1. The molecule has 1 N–H and O–H groups in total. The van der Waals surface area contributed by atoms with Gasteiger partial charge in [0.25, 0.3) is 0 Å². The van der Waals surface area contributed by atoms with Crippen molar-refractivity contribution < 1.29 is 13.2 Å². The lowest BCUT2D eigenvalue weighted by Crippen LogP contribution is -2.15. The Hall–Kier alpha value is -1.68. The summed E-state index contributed by atoms with van der Waals surface area (Å²) in [6.45, 7) is 0. The quantitative estimate of drug-likeness (QED) is 0.775. The summed E-state index contributed by atoms with van der Waals surface area (Å²) >= 11 is 6.07. The van der Waals surface area contributed by atoms with Gasteiger partial charge in [0.2, 0.25) is 0 Å². The molecule has 0 aromatic heterocycles. The first-order chi connectivity index (χ1) is 9.47. The summed E-state index contributed by atoms with van der Waals surface area (Å²) in [6, 6.07) is 10.7. The van der Waals surface area contributed by atoms with Gasteiger partial charge >= 0.3 is 6.18 Å². The number of hydrogen-bond donors (Lipinski definition) is 1. The monoisotopic (exact) mass is 297 g/mol. The van der Waals surface area contributed by atoms with Crippen LogP contribution in [0.15, 0.2) is 42.5 Å². The molecule has 0 saturated heterocycles. The Balaban J connectivity index is 2.00. The molecule has 2 aromatic rings. The highest BCUT2D eigenvalue weighted by atomic mass is 35.5. The predicted octanol–water partition coefficient (Wildman–Crippen LogP) is 5.07. The zero-order chi connectivity index (χ0) is 14.3. The molecule has 0 radical (unpaired) electrons. The van der Waals surface area contributed by atoms with Crippen LogP contribution in [0.3, 0.4) is 0 Å². The highest BCUT2D eigenvalue weighted by molar-refractivity contribution is 6.33. The van der Waals surface area contributed by atoms with Crippen molar-refractivity contribution in [2.75, 3.05) is 5.32 Å². The van der Waals surface area contributed by atoms with Gasteiger partial charge in [0.05, 0.1) is 22.3 Å². The second-order valence-corrected chi connectivity index (χ2v) is 5.17. The van der Waals surface area contributed by atoms with Crippen molar-refractivity contribution in [3.63, 3.8) is 0 Å². The molecule has 5 heteroatoms. The lowest BCUT2D eigenvalue weighted by molar-refractivity contribution is -0.138. The first-order valence-corrected chi connectivity index (χ1v) is 6.54. The van der Waals surface area contributed by atoms with Gasteiger partial charge in [-0.3, -0.25) is 0 Å². The molecular weight excluding hydrogens is 287 g/mol. The topological polar surface area (TPSA) is 12.0 Å². The van der Waals surface area contributed by atoms with Crippen LogP contribution < -0.4 is 5.32 Å².